The molecule has 0 aromatic heterocycles. The summed E-state index contributed by atoms with van der Waals surface area (Å²) in [6, 6.07) is 23.2. The number of benzene rings is 3. The molecule has 2 saturated heterocycles. The molecular formula is C33H33N3O7S. The number of ether oxygens (including phenoxy) is 2. The molecule has 2 N–H and O–H groups in total. The van der Waals surface area contributed by atoms with Gasteiger partial charge in [0.2, 0.25) is 11.8 Å². The van der Waals surface area contributed by atoms with Crippen LogP contribution in [0.25, 0.3) is 0 Å². The number of alkyl carbamates (subject to hydrolysis) is 1. The number of carbonyl (C=O) groups is 5. The minimum absolute atomic E-state index is 0.0415. The van der Waals surface area contributed by atoms with E-state index in [9.17, 15) is 24.0 Å². The van der Waals surface area contributed by atoms with E-state index in [1.165, 1.54) is 4.90 Å². The van der Waals surface area contributed by atoms with Gasteiger partial charge in [-0.2, -0.15) is 0 Å². The fraction of sp³-hybridized carbons (Fsp3) is 0.303. The van der Waals surface area contributed by atoms with Gasteiger partial charge in [0.15, 0.2) is 17.9 Å². The first-order valence-corrected chi connectivity index (χ1v) is 15.2. The Labute approximate surface area is 259 Å². The lowest BCUT2D eigenvalue weighted by Crippen LogP contribution is -2.76. The molecule has 0 bridgehead atoms. The molecule has 2 fully saturated rings. The number of fused-ring (bicyclic) bond motifs is 1. The van der Waals surface area contributed by atoms with Gasteiger partial charge in [-0.25, -0.2) is 9.59 Å². The highest BCUT2D eigenvalue weighted by atomic mass is 32.2. The molecular weight excluding hydrogens is 582 g/mol. The average Bonchev–Trinajstić information content (AvgIpc) is 3.01. The normalized spacial score (nSPS) is 20.2. The summed E-state index contributed by atoms with van der Waals surface area (Å²) in [5, 5.41) is 4.62. The standard InChI is InChI=1S/C33H33N3O7S/c1-33(2,3)43-32(41)35-24(20-13-7-4-8-14-20)28(38)34-25-29(39)36-26(23(37)19-44-30(25)36)31(40)42-27(21-15-9-5-10-16-21)22-17-11-6-12-18-22/h4-18,24-27,30H,19H2,1-3H3,(H,34,38)(H,35,41)/t24?,25-,26?,30+/m1/s1. The maximum Gasteiger partial charge on any atom is 0.408 e. The summed E-state index contributed by atoms with van der Waals surface area (Å²) >= 11 is 1.16. The van der Waals surface area contributed by atoms with E-state index in [0.29, 0.717) is 16.7 Å². The number of hydrogen-bond donors (Lipinski definition) is 2. The van der Waals surface area contributed by atoms with Gasteiger partial charge in [0.1, 0.15) is 23.1 Å². The number of nitrogens with one attached hydrogen (secondary N) is 2. The second-order valence-electron chi connectivity index (χ2n) is 11.4. The molecule has 44 heavy (non-hydrogen) atoms. The van der Waals surface area contributed by atoms with Crippen molar-refractivity contribution in [3.63, 3.8) is 0 Å². The van der Waals surface area contributed by atoms with Gasteiger partial charge in [0.25, 0.3) is 0 Å². The number of Topliss-reactive ketones (excluding diaryl/α,β-unsaturated/α-hetero) is 1. The Balaban J connectivity index is 1.32. The van der Waals surface area contributed by atoms with Crippen molar-refractivity contribution in [2.45, 2.75) is 56.0 Å². The van der Waals surface area contributed by atoms with Crippen LogP contribution < -0.4 is 10.6 Å². The quantitative estimate of drug-likeness (QED) is 0.222. The number of nitrogens with zero attached hydrogens (tertiary/aromatic N) is 1. The van der Waals surface area contributed by atoms with Crippen LogP contribution >= 0.6 is 11.8 Å². The van der Waals surface area contributed by atoms with Crippen LogP contribution in [0.2, 0.25) is 0 Å². The molecule has 228 valence electrons. The van der Waals surface area contributed by atoms with Gasteiger partial charge >= 0.3 is 12.1 Å². The van der Waals surface area contributed by atoms with Gasteiger partial charge in [-0.05, 0) is 37.5 Å². The minimum Gasteiger partial charge on any atom is -0.451 e. The summed E-state index contributed by atoms with van der Waals surface area (Å²) in [6.45, 7) is 5.12. The van der Waals surface area contributed by atoms with E-state index < -0.39 is 64.9 Å². The van der Waals surface area contributed by atoms with Crippen molar-refractivity contribution in [3.05, 3.63) is 108 Å². The highest BCUT2D eigenvalue weighted by Crippen LogP contribution is 2.38. The number of amides is 3. The maximum atomic E-state index is 13.6. The molecule has 2 aliphatic rings. The van der Waals surface area contributed by atoms with E-state index >= 15 is 0 Å². The highest BCUT2D eigenvalue weighted by Gasteiger charge is 2.58. The van der Waals surface area contributed by atoms with Crippen molar-refractivity contribution in [3.8, 4) is 0 Å². The maximum absolute atomic E-state index is 13.6. The monoisotopic (exact) mass is 615 g/mol. The third kappa shape index (κ3) is 6.78. The molecule has 2 unspecified atom stereocenters. The Hall–Kier alpha value is -4.64. The first-order valence-electron chi connectivity index (χ1n) is 14.2. The lowest BCUT2D eigenvalue weighted by Gasteiger charge is -2.51. The van der Waals surface area contributed by atoms with Crippen LogP contribution in [0.1, 0.15) is 49.6 Å². The van der Waals surface area contributed by atoms with E-state index in [1.54, 1.807) is 51.1 Å². The molecule has 0 radical (unpaired) electrons. The van der Waals surface area contributed by atoms with Crippen LogP contribution in [-0.2, 0) is 28.7 Å². The Kier molecular flexibility index (Phi) is 9.05. The van der Waals surface area contributed by atoms with Gasteiger partial charge in [-0.1, -0.05) is 91.0 Å². The van der Waals surface area contributed by atoms with E-state index in [4.69, 9.17) is 9.47 Å². The Morgan fingerprint density at radius 3 is 1.89 bits per heavy atom. The first-order chi connectivity index (χ1) is 21.0. The molecule has 10 nitrogen and oxygen atoms in total. The number of thioether (sulfide) groups is 1. The zero-order valence-electron chi connectivity index (χ0n) is 24.5. The molecule has 0 spiro atoms. The van der Waals surface area contributed by atoms with Gasteiger partial charge < -0.3 is 25.0 Å². The topological polar surface area (TPSA) is 131 Å². The first kappa shape index (κ1) is 30.8. The van der Waals surface area contributed by atoms with E-state index in [-0.39, 0.29) is 5.75 Å². The molecule has 0 aliphatic carbocycles. The molecule has 5 rings (SSSR count). The third-order valence-electron chi connectivity index (χ3n) is 7.08. The lowest BCUT2D eigenvalue weighted by molar-refractivity contribution is -0.170. The SMILES string of the molecule is CC(C)(C)OC(=O)NC(C(=O)N[C@@H]1C(=O)N2C(C(=O)OC(c3ccccc3)c3ccccc3)C(=O)CS[C@@H]12)c1ccccc1. The average molecular weight is 616 g/mol. The van der Waals surface area contributed by atoms with E-state index in [0.717, 1.165) is 11.8 Å². The predicted octanol–water partition coefficient (Wildman–Crippen LogP) is 3.92. The van der Waals surface area contributed by atoms with Crippen LogP contribution in [0.15, 0.2) is 91.0 Å². The Morgan fingerprint density at radius 1 is 0.841 bits per heavy atom. The molecule has 3 aromatic carbocycles. The highest BCUT2D eigenvalue weighted by molar-refractivity contribution is 8.00. The number of β-lactam (4-membered cyclic amide) rings is 1. The van der Waals surface area contributed by atoms with Gasteiger partial charge in [-0.15, -0.1) is 11.8 Å². The zero-order valence-corrected chi connectivity index (χ0v) is 25.3. The second-order valence-corrected chi connectivity index (χ2v) is 12.5. The van der Waals surface area contributed by atoms with Gasteiger partial charge in [0, 0.05) is 0 Å². The lowest BCUT2D eigenvalue weighted by atomic mass is 9.98. The third-order valence-corrected chi connectivity index (χ3v) is 8.37. The van der Waals surface area contributed by atoms with Crippen molar-refractivity contribution >= 4 is 41.4 Å². The Bertz CT molecular complexity index is 1490. The second kappa shape index (κ2) is 12.9. The fourth-order valence-electron chi connectivity index (χ4n) is 5.09. The minimum atomic E-state index is -1.44. The molecule has 4 atom stereocenters. The van der Waals surface area contributed by atoms with Gasteiger partial charge in [-0.3, -0.25) is 14.4 Å². The summed E-state index contributed by atoms with van der Waals surface area (Å²) < 4.78 is 11.3. The van der Waals surface area contributed by atoms with Crippen LogP contribution in [0.4, 0.5) is 4.79 Å². The number of ketones is 1. The molecule has 2 heterocycles. The predicted molar refractivity (Wildman–Crippen MR) is 163 cm³/mol. The molecule has 3 amide bonds. The van der Waals surface area contributed by atoms with Crippen molar-refractivity contribution in [2.24, 2.45) is 0 Å². The molecule has 0 saturated carbocycles. The molecule has 2 aliphatic heterocycles. The zero-order chi connectivity index (χ0) is 31.4. The van der Waals surface area contributed by atoms with Crippen LogP contribution in [0, 0.1) is 0 Å². The van der Waals surface area contributed by atoms with Crippen molar-refractivity contribution in [1.29, 1.82) is 0 Å². The van der Waals surface area contributed by atoms with Crippen LogP contribution in [0.3, 0.4) is 0 Å². The Morgan fingerprint density at radius 2 is 1.36 bits per heavy atom. The van der Waals surface area contributed by atoms with Crippen LogP contribution in [-0.4, -0.2) is 63.4 Å². The summed E-state index contributed by atoms with van der Waals surface area (Å²) in [6.07, 6.45) is -1.59. The summed E-state index contributed by atoms with van der Waals surface area (Å²) in [5.41, 5.74) is 1.12. The molecule has 11 heteroatoms. The summed E-state index contributed by atoms with van der Waals surface area (Å²) in [4.78, 5) is 67.2. The fourth-order valence-corrected chi connectivity index (χ4v) is 6.35. The van der Waals surface area contributed by atoms with Crippen molar-refractivity contribution < 1.29 is 33.4 Å². The number of hydrogen-bond acceptors (Lipinski definition) is 8. The van der Waals surface area contributed by atoms with E-state index in [2.05, 4.69) is 10.6 Å². The number of esters is 1. The van der Waals surface area contributed by atoms with Gasteiger partial charge in [0.05, 0.1) is 5.75 Å². The van der Waals surface area contributed by atoms with E-state index in [1.807, 2.05) is 60.7 Å². The smallest absolute Gasteiger partial charge is 0.408 e. The summed E-state index contributed by atoms with van der Waals surface area (Å²) in [5.74, 6) is -2.57. The molecule has 3 aromatic rings. The largest absolute Gasteiger partial charge is 0.451 e. The summed E-state index contributed by atoms with van der Waals surface area (Å²) in [7, 11) is 0. The van der Waals surface area contributed by atoms with Crippen molar-refractivity contribution in [1.82, 2.24) is 15.5 Å². The number of rotatable bonds is 8. The number of carbonyl (C=O) groups excluding carboxylic acids is 5. The van der Waals surface area contributed by atoms with Crippen LogP contribution in [0.5, 0.6) is 0 Å². The van der Waals surface area contributed by atoms with Crippen molar-refractivity contribution in [2.75, 3.05) is 5.75 Å².